The molecule has 1 rings (SSSR count). The number of aromatic nitrogens is 1. The first-order valence-electron chi connectivity index (χ1n) is 5.34. The van der Waals surface area contributed by atoms with E-state index in [0.717, 1.165) is 13.0 Å². The Morgan fingerprint density at radius 2 is 2.40 bits per heavy atom. The number of hydrogen-bond donors (Lipinski definition) is 2. The van der Waals surface area contributed by atoms with Gasteiger partial charge in [-0.2, -0.15) is 0 Å². The van der Waals surface area contributed by atoms with E-state index < -0.39 is 0 Å². The van der Waals surface area contributed by atoms with Gasteiger partial charge >= 0.3 is 0 Å². The highest BCUT2D eigenvalue weighted by atomic mass is 16.1. The summed E-state index contributed by atoms with van der Waals surface area (Å²) in [6.07, 6.45) is 2.94. The number of carbonyl (C=O) groups excluding carboxylic acids is 1. The van der Waals surface area contributed by atoms with Gasteiger partial charge in [0.2, 0.25) is 0 Å². The van der Waals surface area contributed by atoms with E-state index in [1.165, 1.54) is 0 Å². The van der Waals surface area contributed by atoms with Crippen LogP contribution in [0.5, 0.6) is 0 Å². The van der Waals surface area contributed by atoms with Crippen molar-refractivity contribution in [2.75, 3.05) is 6.54 Å². The second-order valence-electron chi connectivity index (χ2n) is 3.77. The molecule has 1 unspecified atom stereocenters. The summed E-state index contributed by atoms with van der Waals surface area (Å²) < 4.78 is 1.95. The van der Waals surface area contributed by atoms with Crippen molar-refractivity contribution < 1.29 is 4.79 Å². The van der Waals surface area contributed by atoms with Crippen molar-refractivity contribution in [3.63, 3.8) is 0 Å². The Balaban J connectivity index is 2.60. The fourth-order valence-corrected chi connectivity index (χ4v) is 1.40. The number of carbonyl (C=O) groups is 1. The lowest BCUT2D eigenvalue weighted by atomic mass is 10.3. The predicted molar refractivity (Wildman–Crippen MR) is 60.7 cm³/mol. The minimum absolute atomic E-state index is 0.0106. The lowest BCUT2D eigenvalue weighted by molar-refractivity contribution is 0.0942. The monoisotopic (exact) mass is 209 g/mol. The Labute approximate surface area is 90.5 Å². The third-order valence-corrected chi connectivity index (χ3v) is 2.11. The Morgan fingerprint density at radius 3 is 3.00 bits per heavy atom. The highest BCUT2D eigenvalue weighted by Crippen LogP contribution is 2.03. The summed E-state index contributed by atoms with van der Waals surface area (Å²) in [6.45, 7) is 5.33. The van der Waals surface area contributed by atoms with Gasteiger partial charge in [-0.3, -0.25) is 4.79 Å². The van der Waals surface area contributed by atoms with Crippen molar-refractivity contribution in [2.24, 2.45) is 5.73 Å². The number of rotatable bonds is 5. The fourth-order valence-electron chi connectivity index (χ4n) is 1.40. The topological polar surface area (TPSA) is 60.0 Å². The van der Waals surface area contributed by atoms with Crippen molar-refractivity contribution in [1.29, 1.82) is 0 Å². The van der Waals surface area contributed by atoms with Crippen molar-refractivity contribution in [1.82, 2.24) is 9.88 Å². The lowest BCUT2D eigenvalue weighted by Gasteiger charge is -2.10. The van der Waals surface area contributed by atoms with E-state index in [1.807, 2.05) is 29.8 Å². The van der Waals surface area contributed by atoms with Gasteiger partial charge in [-0.15, -0.1) is 0 Å². The SMILES string of the molecule is CCCn1cccc1C(=O)NCC(C)N. The van der Waals surface area contributed by atoms with Crippen molar-refractivity contribution in [2.45, 2.75) is 32.9 Å². The zero-order valence-corrected chi connectivity index (χ0v) is 9.36. The van der Waals surface area contributed by atoms with Gasteiger partial charge in [0, 0.05) is 25.3 Å². The van der Waals surface area contributed by atoms with Crippen LogP contribution in [0, 0.1) is 0 Å². The van der Waals surface area contributed by atoms with Crippen molar-refractivity contribution in [3.05, 3.63) is 24.0 Å². The highest BCUT2D eigenvalue weighted by Gasteiger charge is 2.09. The summed E-state index contributed by atoms with van der Waals surface area (Å²) in [4.78, 5) is 11.7. The van der Waals surface area contributed by atoms with Gasteiger partial charge in [-0.1, -0.05) is 6.92 Å². The summed E-state index contributed by atoms with van der Waals surface area (Å²) in [7, 11) is 0. The molecule has 0 radical (unpaired) electrons. The summed E-state index contributed by atoms with van der Waals surface area (Å²) in [6, 6.07) is 3.70. The van der Waals surface area contributed by atoms with Crippen LogP contribution in [0.25, 0.3) is 0 Å². The van der Waals surface area contributed by atoms with Crippen LogP contribution in [-0.2, 0) is 6.54 Å². The van der Waals surface area contributed by atoms with Crippen molar-refractivity contribution >= 4 is 5.91 Å². The lowest BCUT2D eigenvalue weighted by Crippen LogP contribution is -2.36. The molecule has 15 heavy (non-hydrogen) atoms. The molecule has 1 heterocycles. The fraction of sp³-hybridized carbons (Fsp3) is 0.545. The normalized spacial score (nSPS) is 12.5. The molecule has 0 aliphatic carbocycles. The van der Waals surface area contributed by atoms with Gasteiger partial charge in [0.1, 0.15) is 5.69 Å². The maximum atomic E-state index is 11.7. The van der Waals surface area contributed by atoms with E-state index in [2.05, 4.69) is 12.2 Å². The molecule has 0 aromatic carbocycles. The van der Waals surface area contributed by atoms with Crippen LogP contribution in [0.1, 0.15) is 30.8 Å². The second-order valence-corrected chi connectivity index (χ2v) is 3.77. The van der Waals surface area contributed by atoms with Gasteiger partial charge in [0.15, 0.2) is 0 Å². The summed E-state index contributed by atoms with van der Waals surface area (Å²) in [5, 5.41) is 2.80. The predicted octanol–water partition coefficient (Wildman–Crippen LogP) is 0.975. The number of aryl methyl sites for hydroxylation is 1. The molecule has 0 fully saturated rings. The zero-order chi connectivity index (χ0) is 11.3. The molecule has 1 amide bonds. The van der Waals surface area contributed by atoms with Gasteiger partial charge in [0.25, 0.3) is 5.91 Å². The van der Waals surface area contributed by atoms with Gasteiger partial charge < -0.3 is 15.6 Å². The third-order valence-electron chi connectivity index (χ3n) is 2.11. The molecule has 0 bridgehead atoms. The van der Waals surface area contributed by atoms with Crippen LogP contribution >= 0.6 is 0 Å². The molecule has 0 saturated carbocycles. The molecule has 0 aliphatic rings. The Morgan fingerprint density at radius 1 is 1.67 bits per heavy atom. The molecule has 0 spiro atoms. The average molecular weight is 209 g/mol. The molecular formula is C11H19N3O. The van der Waals surface area contributed by atoms with E-state index in [1.54, 1.807) is 0 Å². The number of nitrogens with two attached hydrogens (primary N) is 1. The Hall–Kier alpha value is -1.29. The standard InChI is InChI=1S/C11H19N3O/c1-3-6-14-7-4-5-10(14)11(15)13-8-9(2)12/h4-5,7,9H,3,6,8,12H2,1-2H3,(H,13,15). The molecule has 3 N–H and O–H groups in total. The molecule has 4 heteroatoms. The molecule has 0 aliphatic heterocycles. The zero-order valence-electron chi connectivity index (χ0n) is 9.36. The smallest absolute Gasteiger partial charge is 0.267 e. The first-order valence-corrected chi connectivity index (χ1v) is 5.34. The molecule has 0 saturated heterocycles. The Kier molecular flexibility index (Phi) is 4.37. The number of hydrogen-bond acceptors (Lipinski definition) is 2. The van der Waals surface area contributed by atoms with E-state index in [4.69, 9.17) is 5.73 Å². The van der Waals surface area contributed by atoms with E-state index >= 15 is 0 Å². The molecular weight excluding hydrogens is 190 g/mol. The van der Waals surface area contributed by atoms with Crippen molar-refractivity contribution in [3.8, 4) is 0 Å². The third kappa shape index (κ3) is 3.40. The van der Waals surface area contributed by atoms with Gasteiger partial charge in [-0.05, 0) is 25.5 Å². The first-order chi connectivity index (χ1) is 7.15. The summed E-state index contributed by atoms with van der Waals surface area (Å²) in [5.74, 6) is -0.0502. The molecule has 84 valence electrons. The maximum Gasteiger partial charge on any atom is 0.267 e. The maximum absolute atomic E-state index is 11.7. The van der Waals surface area contributed by atoms with E-state index in [0.29, 0.717) is 12.2 Å². The minimum atomic E-state index is -0.0502. The minimum Gasteiger partial charge on any atom is -0.349 e. The molecule has 4 nitrogen and oxygen atoms in total. The molecule has 1 aromatic heterocycles. The number of amides is 1. The van der Waals surface area contributed by atoms with E-state index in [-0.39, 0.29) is 11.9 Å². The van der Waals surface area contributed by atoms with E-state index in [9.17, 15) is 4.79 Å². The summed E-state index contributed by atoms with van der Waals surface area (Å²) >= 11 is 0. The van der Waals surface area contributed by atoms with Crippen LogP contribution < -0.4 is 11.1 Å². The number of nitrogens with one attached hydrogen (secondary N) is 1. The van der Waals surface area contributed by atoms with Crippen LogP contribution in [0.3, 0.4) is 0 Å². The second kappa shape index (κ2) is 5.56. The first kappa shape index (κ1) is 11.8. The molecule has 1 atom stereocenters. The Bertz CT molecular complexity index is 317. The molecule has 1 aromatic rings. The number of nitrogens with zero attached hydrogens (tertiary/aromatic N) is 1. The quantitative estimate of drug-likeness (QED) is 0.759. The largest absolute Gasteiger partial charge is 0.349 e. The van der Waals surface area contributed by atoms with Gasteiger partial charge in [0.05, 0.1) is 0 Å². The van der Waals surface area contributed by atoms with Crippen LogP contribution in [0.2, 0.25) is 0 Å². The van der Waals surface area contributed by atoms with Crippen LogP contribution in [0.4, 0.5) is 0 Å². The summed E-state index contributed by atoms with van der Waals surface area (Å²) in [5.41, 5.74) is 6.28. The van der Waals surface area contributed by atoms with Crippen LogP contribution in [-0.4, -0.2) is 23.1 Å². The highest BCUT2D eigenvalue weighted by molar-refractivity contribution is 5.92. The van der Waals surface area contributed by atoms with Gasteiger partial charge in [-0.25, -0.2) is 0 Å². The van der Waals surface area contributed by atoms with Crippen LogP contribution in [0.15, 0.2) is 18.3 Å². The average Bonchev–Trinajstić information content (AvgIpc) is 2.63.